The van der Waals surface area contributed by atoms with Crippen LogP contribution >= 0.6 is 15.9 Å². The van der Waals surface area contributed by atoms with E-state index in [2.05, 4.69) is 402 Å². The molecule has 0 radical (unpaired) electrons. The molecular weight excluding hydrogens is 1340 g/mol. The monoisotopic (exact) mass is 1410 g/mol. The second-order valence-electron chi connectivity index (χ2n) is 26.5. The first-order valence-electron chi connectivity index (χ1n) is 35.5. The van der Waals surface area contributed by atoms with Crippen molar-refractivity contribution in [2.24, 2.45) is 0 Å². The molecule has 20 aromatic rings. The summed E-state index contributed by atoms with van der Waals surface area (Å²) < 4.78 is 13.7. The normalized spacial score (nSPS) is 11.3. The lowest BCUT2D eigenvalue weighted by molar-refractivity contribution is 0.669. The summed E-state index contributed by atoms with van der Waals surface area (Å²) in [6, 6.07) is 142. The van der Waals surface area contributed by atoms with Crippen molar-refractivity contribution >= 4 is 131 Å². The Kier molecular flexibility index (Phi) is 17.2. The van der Waals surface area contributed by atoms with Gasteiger partial charge < -0.3 is 19.1 Å². The fourth-order valence-electron chi connectivity index (χ4n) is 14.7. The van der Waals surface area contributed by atoms with Crippen LogP contribution < -0.4 is 10.2 Å². The van der Waals surface area contributed by atoms with Crippen molar-refractivity contribution in [1.29, 1.82) is 0 Å². The van der Waals surface area contributed by atoms with Gasteiger partial charge in [0.1, 0.15) is 22.3 Å². The number of furan rings is 2. The molecule has 0 aliphatic heterocycles. The van der Waals surface area contributed by atoms with Gasteiger partial charge in [-0.15, -0.1) is 0 Å². The van der Waals surface area contributed by atoms with Crippen LogP contribution in [-0.2, 0) is 0 Å². The van der Waals surface area contributed by atoms with Crippen LogP contribution in [0.5, 0.6) is 0 Å². The maximum atomic E-state index is 6.39. The quantitative estimate of drug-likeness (QED) is 0.140. The highest BCUT2D eigenvalue weighted by Crippen LogP contribution is 2.43. The Bertz CT molecular complexity index is 6530. The number of para-hydroxylation sites is 4. The highest BCUT2D eigenvalue weighted by atomic mass is 79.9. The predicted molar refractivity (Wildman–Crippen MR) is 449 cm³/mol. The van der Waals surface area contributed by atoms with E-state index in [0.717, 1.165) is 99.0 Å². The minimum Gasteiger partial charge on any atom is -0.455 e. The molecule has 2 heterocycles. The van der Waals surface area contributed by atoms with E-state index in [0.29, 0.717) is 0 Å². The van der Waals surface area contributed by atoms with Gasteiger partial charge in [-0.25, -0.2) is 0 Å². The number of nitrogens with one attached hydrogen (secondary N) is 1. The van der Waals surface area contributed by atoms with E-state index in [4.69, 9.17) is 8.83 Å². The molecule has 0 fully saturated rings. The van der Waals surface area contributed by atoms with Gasteiger partial charge >= 0.3 is 0 Å². The fourth-order valence-corrected chi connectivity index (χ4v) is 15.0. The zero-order valence-corrected chi connectivity index (χ0v) is 58.8. The minimum atomic E-state index is 0.909. The van der Waals surface area contributed by atoms with Crippen LogP contribution in [0.1, 0.15) is 0 Å². The molecule has 105 heavy (non-hydrogen) atoms. The van der Waals surface area contributed by atoms with Crippen molar-refractivity contribution in [2.45, 2.75) is 0 Å². The smallest absolute Gasteiger partial charge is 0.143 e. The average molecular weight is 1410 g/mol. The fraction of sp³-hybridized carbons (Fsp3) is 0. The first kappa shape index (κ1) is 63.8. The largest absolute Gasteiger partial charge is 0.455 e. The number of halogens is 1. The van der Waals surface area contributed by atoms with Gasteiger partial charge in [0.2, 0.25) is 0 Å². The van der Waals surface area contributed by atoms with Crippen molar-refractivity contribution in [2.75, 3.05) is 10.2 Å². The lowest BCUT2D eigenvalue weighted by atomic mass is 9.98. The molecule has 5 heteroatoms. The SMILES string of the molecule is Brc1ccc(-c2cccc3ccccc23)cc1.c1ccc2cc(-c3ccc(N(c4ccc(-c5cccc6ccccc56)cc4)c4ccc(-c5cccc6c5oc5ccccc56)cc4)cc3)ccc2c1.c1ccc2cc(-c3ccc(Nc4ccc(-c5cccc6c5oc5ccccc56)cc4)cc3)ccc2c1. The standard InChI is InChI=1S/C50H33NO.C34H23NO.C16H11Br/c1-2-11-39-33-40(20-19-34(39)9-1)35-21-27-41(28-22-35)51(42-29-23-37(24-30-42)45-15-7-12-36-10-3-4-13-44(36)45)43-31-25-38(26-32-43)46-16-8-17-48-47-14-5-6-18-49(47)52-50(46)48;1-2-7-26-22-27(13-12-23(26)6-1)24-14-18-28(19-15-24)35-29-20-16-25(17-21-29)30-9-5-10-32-31-8-3-4-11-33(31)36-34(30)32;17-14-10-8-13(9-11-14)16-7-3-5-12-4-1-2-6-15(12)16/h1-33H;1-22,35H;1-11H. The summed E-state index contributed by atoms with van der Waals surface area (Å²) in [5.74, 6) is 0. The van der Waals surface area contributed by atoms with Crippen molar-refractivity contribution in [3.8, 4) is 66.8 Å². The topological polar surface area (TPSA) is 41.6 Å². The van der Waals surface area contributed by atoms with E-state index in [1.54, 1.807) is 0 Å². The second kappa shape index (κ2) is 28.2. The number of hydrogen-bond donors (Lipinski definition) is 1. The molecule has 0 spiro atoms. The van der Waals surface area contributed by atoms with E-state index in [1.807, 2.05) is 24.3 Å². The van der Waals surface area contributed by atoms with Crippen LogP contribution in [0.2, 0.25) is 0 Å². The number of anilines is 5. The number of nitrogens with zero attached hydrogens (tertiary/aromatic N) is 1. The number of benzene rings is 18. The first-order chi connectivity index (χ1) is 51.9. The first-order valence-corrected chi connectivity index (χ1v) is 36.3. The van der Waals surface area contributed by atoms with Gasteiger partial charge in [0, 0.05) is 65.6 Å². The molecule has 1 N–H and O–H groups in total. The molecule has 18 aromatic carbocycles. The van der Waals surface area contributed by atoms with Gasteiger partial charge in [-0.3, -0.25) is 0 Å². The van der Waals surface area contributed by atoms with Gasteiger partial charge in [-0.05, 0) is 196 Å². The van der Waals surface area contributed by atoms with E-state index in [9.17, 15) is 0 Å². The van der Waals surface area contributed by atoms with Gasteiger partial charge in [0.25, 0.3) is 0 Å². The number of fused-ring (bicyclic) bond motifs is 10. The second-order valence-corrected chi connectivity index (χ2v) is 27.4. The Morgan fingerprint density at radius 2 is 0.505 bits per heavy atom. The van der Waals surface area contributed by atoms with Crippen LogP contribution in [0.4, 0.5) is 28.4 Å². The molecule has 0 saturated carbocycles. The van der Waals surface area contributed by atoms with Crippen LogP contribution in [0.25, 0.3) is 154 Å². The molecule has 4 nitrogen and oxygen atoms in total. The maximum Gasteiger partial charge on any atom is 0.143 e. The maximum absolute atomic E-state index is 6.39. The molecule has 20 rings (SSSR count). The van der Waals surface area contributed by atoms with E-state index >= 15 is 0 Å². The molecular formula is C100H67BrN2O2. The third-order valence-corrected chi connectivity index (χ3v) is 20.6. The van der Waals surface area contributed by atoms with Crippen LogP contribution in [0.3, 0.4) is 0 Å². The zero-order valence-electron chi connectivity index (χ0n) is 57.2. The van der Waals surface area contributed by atoms with Crippen LogP contribution in [-0.4, -0.2) is 0 Å². The van der Waals surface area contributed by atoms with E-state index < -0.39 is 0 Å². The molecule has 0 unspecified atom stereocenters. The summed E-state index contributed by atoms with van der Waals surface area (Å²) >= 11 is 3.47. The molecule has 0 atom stereocenters. The van der Waals surface area contributed by atoms with E-state index in [1.165, 1.54) is 87.6 Å². The third kappa shape index (κ3) is 12.9. The van der Waals surface area contributed by atoms with Crippen LogP contribution in [0.15, 0.2) is 414 Å². The number of rotatable bonds is 11. The predicted octanol–water partition coefficient (Wildman–Crippen LogP) is 29.4. The van der Waals surface area contributed by atoms with Gasteiger partial charge in [0.05, 0.1) is 0 Å². The van der Waals surface area contributed by atoms with E-state index in [-0.39, 0.29) is 0 Å². The average Bonchev–Trinajstić information content (AvgIpc) is 1.69. The number of hydrogen-bond acceptors (Lipinski definition) is 4. The molecule has 0 saturated heterocycles. The highest BCUT2D eigenvalue weighted by molar-refractivity contribution is 9.10. The zero-order chi connectivity index (χ0) is 70.0. The van der Waals surface area contributed by atoms with Crippen LogP contribution in [0, 0.1) is 0 Å². The van der Waals surface area contributed by atoms with Gasteiger partial charge in [-0.1, -0.05) is 319 Å². The Morgan fingerprint density at radius 3 is 0.943 bits per heavy atom. The Balaban J connectivity index is 0.000000127. The van der Waals surface area contributed by atoms with Crippen molar-refractivity contribution in [3.05, 3.63) is 405 Å². The molecule has 0 aliphatic carbocycles. The Labute approximate surface area is 617 Å². The minimum absolute atomic E-state index is 0.909. The summed E-state index contributed by atoms with van der Waals surface area (Å²) in [6.07, 6.45) is 0. The van der Waals surface area contributed by atoms with Crippen molar-refractivity contribution in [1.82, 2.24) is 0 Å². The summed E-state index contributed by atoms with van der Waals surface area (Å²) in [6.45, 7) is 0. The lowest BCUT2D eigenvalue weighted by Gasteiger charge is -2.26. The van der Waals surface area contributed by atoms with Gasteiger partial charge in [0.15, 0.2) is 0 Å². The Hall–Kier alpha value is -13.3. The highest BCUT2D eigenvalue weighted by Gasteiger charge is 2.18. The third-order valence-electron chi connectivity index (χ3n) is 20.1. The summed E-state index contributed by atoms with van der Waals surface area (Å²) in [7, 11) is 0. The van der Waals surface area contributed by atoms with Crippen molar-refractivity contribution < 1.29 is 8.83 Å². The molecule has 0 bridgehead atoms. The molecule has 0 amide bonds. The summed E-state index contributed by atoms with van der Waals surface area (Å²) in [5.41, 5.74) is 23.3. The summed E-state index contributed by atoms with van der Waals surface area (Å²) in [4.78, 5) is 2.34. The van der Waals surface area contributed by atoms with Crippen molar-refractivity contribution in [3.63, 3.8) is 0 Å². The Morgan fingerprint density at radius 1 is 0.210 bits per heavy atom. The molecule has 496 valence electrons. The lowest BCUT2D eigenvalue weighted by Crippen LogP contribution is -2.09. The summed E-state index contributed by atoms with van der Waals surface area (Å²) in [5, 5.41) is 18.2. The molecule has 0 aliphatic rings. The van der Waals surface area contributed by atoms with Gasteiger partial charge in [-0.2, -0.15) is 0 Å². The molecule has 2 aromatic heterocycles.